The molecule has 0 saturated carbocycles. The fraction of sp³-hybridized carbons (Fsp3) is 0.909. The summed E-state index contributed by atoms with van der Waals surface area (Å²) in [5.74, 6) is 0. The van der Waals surface area contributed by atoms with Crippen LogP contribution in [0.2, 0.25) is 0 Å². The Balaban J connectivity index is 0.000000171. The predicted octanol–water partition coefficient (Wildman–Crippen LogP) is 2.88. The highest BCUT2D eigenvalue weighted by atomic mass is 32.2. The standard InChI is InChI=1S/2C11H20N2OS/c1-10(2,3)13-6-4-11(5-7-13)12-8-9(14)15-11;1-10(2,3)13-8-9(14)15-11(13)4-6-12-7-5-11/h2*12H,4-8H2,1-3H3. The van der Waals surface area contributed by atoms with E-state index in [-0.39, 0.29) is 20.8 Å². The van der Waals surface area contributed by atoms with E-state index < -0.39 is 0 Å². The van der Waals surface area contributed by atoms with Gasteiger partial charge in [0.25, 0.3) is 0 Å². The van der Waals surface area contributed by atoms with Crippen LogP contribution in [-0.4, -0.2) is 80.1 Å². The Morgan fingerprint density at radius 1 is 0.833 bits per heavy atom. The van der Waals surface area contributed by atoms with Crippen molar-refractivity contribution in [3.63, 3.8) is 0 Å². The summed E-state index contributed by atoms with van der Waals surface area (Å²) in [6.45, 7) is 18.8. The molecule has 0 aromatic carbocycles. The third-order valence-corrected chi connectivity index (χ3v) is 9.34. The lowest BCUT2D eigenvalue weighted by Crippen LogP contribution is -2.56. The number of piperidine rings is 2. The van der Waals surface area contributed by atoms with Gasteiger partial charge in [-0.2, -0.15) is 0 Å². The topological polar surface area (TPSA) is 64.7 Å². The number of hydrogen-bond donors (Lipinski definition) is 2. The molecule has 4 rings (SSSR count). The molecule has 2 spiro atoms. The van der Waals surface area contributed by atoms with E-state index in [0.717, 1.165) is 51.9 Å². The van der Waals surface area contributed by atoms with Crippen molar-refractivity contribution in [2.24, 2.45) is 0 Å². The van der Waals surface area contributed by atoms with E-state index in [1.165, 1.54) is 11.8 Å². The van der Waals surface area contributed by atoms with Crippen LogP contribution in [0, 0.1) is 0 Å². The highest BCUT2D eigenvalue weighted by Crippen LogP contribution is 2.46. The molecule has 4 fully saturated rings. The van der Waals surface area contributed by atoms with Gasteiger partial charge in [0.1, 0.15) is 0 Å². The first-order valence-corrected chi connectivity index (χ1v) is 12.9. The average Bonchev–Trinajstić information content (AvgIpc) is 3.15. The van der Waals surface area contributed by atoms with Crippen LogP contribution in [0.25, 0.3) is 0 Å². The van der Waals surface area contributed by atoms with E-state index in [4.69, 9.17) is 0 Å². The maximum atomic E-state index is 11.7. The van der Waals surface area contributed by atoms with Crippen LogP contribution < -0.4 is 10.6 Å². The lowest BCUT2D eigenvalue weighted by Gasteiger charge is -2.46. The average molecular weight is 457 g/mol. The monoisotopic (exact) mass is 456 g/mol. The molecule has 172 valence electrons. The van der Waals surface area contributed by atoms with Crippen LogP contribution in [0.3, 0.4) is 0 Å². The second-order valence-electron chi connectivity index (χ2n) is 10.9. The molecule has 0 bridgehead atoms. The zero-order valence-corrected chi connectivity index (χ0v) is 21.2. The Kier molecular flexibility index (Phi) is 7.37. The smallest absolute Gasteiger partial charge is 0.204 e. The van der Waals surface area contributed by atoms with Gasteiger partial charge in [0.2, 0.25) is 10.2 Å². The van der Waals surface area contributed by atoms with Gasteiger partial charge in [-0.1, -0.05) is 23.5 Å². The van der Waals surface area contributed by atoms with Crippen molar-refractivity contribution in [3.05, 3.63) is 0 Å². The van der Waals surface area contributed by atoms with Gasteiger partial charge in [-0.15, -0.1) is 0 Å². The van der Waals surface area contributed by atoms with E-state index in [2.05, 4.69) is 62.0 Å². The molecule has 0 amide bonds. The van der Waals surface area contributed by atoms with Crippen LogP contribution in [-0.2, 0) is 9.59 Å². The molecule has 0 radical (unpaired) electrons. The quantitative estimate of drug-likeness (QED) is 0.577. The molecule has 0 aromatic rings. The fourth-order valence-corrected chi connectivity index (χ4v) is 7.54. The Bertz CT molecular complexity index is 643. The zero-order valence-electron chi connectivity index (χ0n) is 19.6. The molecular formula is C22H40N4O2S2. The van der Waals surface area contributed by atoms with Crippen LogP contribution in [0.5, 0.6) is 0 Å². The van der Waals surface area contributed by atoms with E-state index in [0.29, 0.717) is 23.3 Å². The molecular weight excluding hydrogens is 416 g/mol. The lowest BCUT2D eigenvalue weighted by atomic mass is 9.96. The number of rotatable bonds is 0. The minimum Gasteiger partial charge on any atom is -0.317 e. The Morgan fingerprint density at radius 3 is 1.90 bits per heavy atom. The molecule has 4 aliphatic heterocycles. The number of nitrogens with one attached hydrogen (secondary N) is 2. The third-order valence-electron chi connectivity index (χ3n) is 6.66. The molecule has 8 heteroatoms. The van der Waals surface area contributed by atoms with Gasteiger partial charge < -0.3 is 5.32 Å². The van der Waals surface area contributed by atoms with Gasteiger partial charge in [0.15, 0.2) is 0 Å². The number of carbonyl (C=O) groups is 2. The van der Waals surface area contributed by atoms with Gasteiger partial charge in [0.05, 0.1) is 22.8 Å². The highest BCUT2D eigenvalue weighted by molar-refractivity contribution is 8.15. The van der Waals surface area contributed by atoms with Crippen LogP contribution >= 0.6 is 23.5 Å². The van der Waals surface area contributed by atoms with Gasteiger partial charge in [-0.3, -0.25) is 24.7 Å². The molecule has 4 aliphatic rings. The number of hydrogen-bond acceptors (Lipinski definition) is 8. The summed E-state index contributed by atoms with van der Waals surface area (Å²) in [5.41, 5.74) is 0.353. The molecule has 30 heavy (non-hydrogen) atoms. The molecule has 2 N–H and O–H groups in total. The maximum Gasteiger partial charge on any atom is 0.204 e. The first-order valence-electron chi connectivity index (χ1n) is 11.3. The summed E-state index contributed by atoms with van der Waals surface area (Å²) >= 11 is 3.10. The number of thioether (sulfide) groups is 2. The molecule has 4 heterocycles. The summed E-state index contributed by atoms with van der Waals surface area (Å²) < 4.78 is 0. The van der Waals surface area contributed by atoms with E-state index in [1.54, 1.807) is 11.8 Å². The van der Waals surface area contributed by atoms with Crippen molar-refractivity contribution in [2.75, 3.05) is 39.3 Å². The minimum absolute atomic E-state index is 0.0683. The normalized spacial score (nSPS) is 27.5. The Hall–Kier alpha value is -0.120. The SMILES string of the molecule is CC(C)(C)N1CC(=O)SC12CCNCC2.CC(C)(C)N1CCC2(CC1)NCC(=O)S2. The number of carbonyl (C=O) groups excluding carboxylic acids is 2. The summed E-state index contributed by atoms with van der Waals surface area (Å²) in [5, 5.41) is 7.40. The van der Waals surface area contributed by atoms with Crippen molar-refractivity contribution < 1.29 is 9.59 Å². The Labute approximate surface area is 191 Å². The molecule has 6 nitrogen and oxygen atoms in total. The maximum absolute atomic E-state index is 11.7. The number of nitrogens with zero attached hydrogens (tertiary/aromatic N) is 2. The van der Waals surface area contributed by atoms with Crippen LogP contribution in [0.15, 0.2) is 0 Å². The molecule has 0 aliphatic carbocycles. The summed E-state index contributed by atoms with van der Waals surface area (Å²) in [6, 6.07) is 0. The van der Waals surface area contributed by atoms with Gasteiger partial charge in [-0.25, -0.2) is 0 Å². The van der Waals surface area contributed by atoms with Crippen molar-refractivity contribution in [1.29, 1.82) is 0 Å². The summed E-state index contributed by atoms with van der Waals surface area (Å²) in [7, 11) is 0. The van der Waals surface area contributed by atoms with Crippen LogP contribution in [0.1, 0.15) is 67.2 Å². The summed E-state index contributed by atoms with van der Waals surface area (Å²) in [4.78, 5) is 28.0. The predicted molar refractivity (Wildman–Crippen MR) is 128 cm³/mol. The summed E-state index contributed by atoms with van der Waals surface area (Å²) in [6.07, 6.45) is 4.34. The van der Waals surface area contributed by atoms with E-state index in [1.807, 2.05) is 0 Å². The molecule has 0 aromatic heterocycles. The molecule has 4 saturated heterocycles. The fourth-order valence-electron chi connectivity index (χ4n) is 4.95. The van der Waals surface area contributed by atoms with Crippen molar-refractivity contribution >= 4 is 33.8 Å². The second-order valence-corrected chi connectivity index (χ2v) is 13.8. The zero-order chi connectivity index (χ0) is 22.2. The first-order chi connectivity index (χ1) is 13.9. The van der Waals surface area contributed by atoms with Gasteiger partial charge in [0, 0.05) is 24.2 Å². The molecule has 0 unspecified atom stereocenters. The minimum atomic E-state index is 0.0683. The van der Waals surface area contributed by atoms with Gasteiger partial charge in [-0.05, 0) is 80.3 Å². The highest BCUT2D eigenvalue weighted by Gasteiger charge is 2.50. The van der Waals surface area contributed by atoms with Crippen LogP contribution in [0.4, 0.5) is 0 Å². The number of likely N-dealkylation sites (tertiary alicyclic amines) is 1. The third kappa shape index (κ3) is 5.62. The van der Waals surface area contributed by atoms with Crippen molar-refractivity contribution in [2.45, 2.75) is 88.0 Å². The molecule has 0 atom stereocenters. The van der Waals surface area contributed by atoms with E-state index in [9.17, 15) is 9.59 Å². The Morgan fingerprint density at radius 2 is 1.43 bits per heavy atom. The first kappa shape index (κ1) is 24.5. The largest absolute Gasteiger partial charge is 0.317 e. The second kappa shape index (κ2) is 9.02. The van der Waals surface area contributed by atoms with Crippen molar-refractivity contribution in [3.8, 4) is 0 Å². The lowest BCUT2D eigenvalue weighted by molar-refractivity contribution is -0.112. The van der Waals surface area contributed by atoms with Gasteiger partial charge >= 0.3 is 0 Å². The van der Waals surface area contributed by atoms with Crippen molar-refractivity contribution in [1.82, 2.24) is 20.4 Å². The van der Waals surface area contributed by atoms with E-state index >= 15 is 0 Å².